The van der Waals surface area contributed by atoms with E-state index in [1.165, 1.54) is 18.3 Å². The van der Waals surface area contributed by atoms with E-state index in [4.69, 9.17) is 9.84 Å². The average Bonchev–Trinajstić information content (AvgIpc) is 3.11. The highest BCUT2D eigenvalue weighted by molar-refractivity contribution is 5.95. The van der Waals surface area contributed by atoms with Crippen molar-refractivity contribution >= 4 is 11.9 Å². The van der Waals surface area contributed by atoms with Gasteiger partial charge in [0.1, 0.15) is 5.69 Å². The number of pyridine rings is 1. The molecule has 0 spiro atoms. The van der Waals surface area contributed by atoms with Crippen molar-refractivity contribution in [2.24, 2.45) is 5.92 Å². The molecule has 1 aromatic carbocycles. The first-order chi connectivity index (χ1) is 12.1. The highest BCUT2D eigenvalue weighted by Gasteiger charge is 2.27. The molecule has 1 saturated heterocycles. The van der Waals surface area contributed by atoms with Gasteiger partial charge in [0.05, 0.1) is 18.8 Å². The first-order valence-electron chi connectivity index (χ1n) is 8.24. The molecule has 1 aromatic heterocycles. The van der Waals surface area contributed by atoms with Gasteiger partial charge in [-0.05, 0) is 24.1 Å². The lowest BCUT2D eigenvalue weighted by Crippen LogP contribution is -2.29. The molecule has 0 aliphatic carbocycles. The topological polar surface area (TPSA) is 79.7 Å². The number of rotatable bonds is 6. The number of carboxylic acid groups (broad SMARTS) is 1. The quantitative estimate of drug-likeness (QED) is 0.874. The van der Waals surface area contributed by atoms with Gasteiger partial charge in [0.2, 0.25) is 0 Å². The standard InChI is InChI=1S/C19H20N2O4/c22-18(16-6-7-17(19(23)24)20-10-16)21-9-8-15(11-21)13-25-12-14-4-2-1-3-5-14/h1-7,10,15H,8-9,11-13H2,(H,23,24)/t15-/m0/s1. The number of carbonyl (C=O) groups excluding carboxylic acids is 1. The number of nitrogens with zero attached hydrogens (tertiary/aromatic N) is 2. The summed E-state index contributed by atoms with van der Waals surface area (Å²) in [4.78, 5) is 28.9. The molecule has 130 valence electrons. The molecule has 1 fully saturated rings. The number of aromatic carboxylic acids is 1. The molecule has 0 unspecified atom stereocenters. The minimum Gasteiger partial charge on any atom is -0.477 e. The highest BCUT2D eigenvalue weighted by Crippen LogP contribution is 2.19. The molecule has 3 rings (SSSR count). The summed E-state index contributed by atoms with van der Waals surface area (Å²) < 4.78 is 5.76. The van der Waals surface area contributed by atoms with Gasteiger partial charge in [-0.25, -0.2) is 9.78 Å². The van der Waals surface area contributed by atoms with Crippen LogP contribution in [0.4, 0.5) is 0 Å². The zero-order valence-corrected chi connectivity index (χ0v) is 13.8. The molecule has 1 amide bonds. The maximum absolute atomic E-state index is 12.5. The predicted molar refractivity (Wildman–Crippen MR) is 91.3 cm³/mol. The largest absolute Gasteiger partial charge is 0.477 e. The van der Waals surface area contributed by atoms with Crippen molar-refractivity contribution in [2.45, 2.75) is 13.0 Å². The van der Waals surface area contributed by atoms with Gasteiger partial charge in [0.25, 0.3) is 5.91 Å². The molecule has 0 saturated carbocycles. The number of aromatic nitrogens is 1. The van der Waals surface area contributed by atoms with Gasteiger partial charge in [0, 0.05) is 25.2 Å². The first kappa shape index (κ1) is 17.1. The van der Waals surface area contributed by atoms with Crippen LogP contribution in [0, 0.1) is 5.92 Å². The number of hydrogen-bond acceptors (Lipinski definition) is 4. The zero-order chi connectivity index (χ0) is 17.6. The maximum atomic E-state index is 12.5. The van der Waals surface area contributed by atoms with Gasteiger partial charge in [-0.15, -0.1) is 0 Å². The minimum atomic E-state index is -1.10. The van der Waals surface area contributed by atoms with Crippen LogP contribution in [0.2, 0.25) is 0 Å². The molecule has 25 heavy (non-hydrogen) atoms. The summed E-state index contributed by atoms with van der Waals surface area (Å²) in [5, 5.41) is 8.85. The summed E-state index contributed by atoms with van der Waals surface area (Å²) in [6.45, 7) is 2.52. The van der Waals surface area contributed by atoms with Crippen molar-refractivity contribution in [1.82, 2.24) is 9.88 Å². The predicted octanol–water partition coefficient (Wildman–Crippen LogP) is 2.46. The lowest BCUT2D eigenvalue weighted by molar-refractivity contribution is 0.0686. The third-order valence-electron chi connectivity index (χ3n) is 4.27. The molecular weight excluding hydrogens is 320 g/mol. The van der Waals surface area contributed by atoms with Crippen LogP contribution < -0.4 is 0 Å². The number of ether oxygens (including phenoxy) is 1. The molecule has 6 nitrogen and oxygen atoms in total. The van der Waals surface area contributed by atoms with Crippen LogP contribution in [0.25, 0.3) is 0 Å². The second-order valence-electron chi connectivity index (χ2n) is 6.14. The Morgan fingerprint density at radius 1 is 1.20 bits per heavy atom. The summed E-state index contributed by atoms with van der Waals surface area (Å²) >= 11 is 0. The van der Waals surface area contributed by atoms with Gasteiger partial charge in [0.15, 0.2) is 0 Å². The Labute approximate surface area is 146 Å². The Hall–Kier alpha value is -2.73. The van der Waals surface area contributed by atoms with Crippen LogP contribution in [0.5, 0.6) is 0 Å². The average molecular weight is 340 g/mol. The number of carbonyl (C=O) groups is 2. The fourth-order valence-electron chi connectivity index (χ4n) is 2.90. The lowest BCUT2D eigenvalue weighted by Gasteiger charge is -2.16. The molecular formula is C19H20N2O4. The van der Waals surface area contributed by atoms with E-state index < -0.39 is 5.97 Å². The zero-order valence-electron chi connectivity index (χ0n) is 13.8. The van der Waals surface area contributed by atoms with E-state index in [2.05, 4.69) is 4.98 Å². The number of benzene rings is 1. The van der Waals surface area contributed by atoms with E-state index in [9.17, 15) is 9.59 Å². The van der Waals surface area contributed by atoms with Gasteiger partial charge < -0.3 is 14.7 Å². The van der Waals surface area contributed by atoms with Crippen LogP contribution >= 0.6 is 0 Å². The van der Waals surface area contributed by atoms with Crippen LogP contribution in [0.3, 0.4) is 0 Å². The lowest BCUT2D eigenvalue weighted by atomic mass is 10.1. The Morgan fingerprint density at radius 3 is 2.68 bits per heavy atom. The van der Waals surface area contributed by atoms with Crippen molar-refractivity contribution in [1.29, 1.82) is 0 Å². The first-order valence-corrected chi connectivity index (χ1v) is 8.24. The molecule has 1 atom stereocenters. The Balaban J connectivity index is 1.48. The number of likely N-dealkylation sites (tertiary alicyclic amines) is 1. The second-order valence-corrected chi connectivity index (χ2v) is 6.14. The fraction of sp³-hybridized carbons (Fsp3) is 0.316. The van der Waals surface area contributed by atoms with Crippen molar-refractivity contribution in [3.63, 3.8) is 0 Å². The molecule has 1 aliphatic rings. The summed E-state index contributed by atoms with van der Waals surface area (Å²) in [5.74, 6) is -0.898. The molecule has 0 radical (unpaired) electrons. The van der Waals surface area contributed by atoms with E-state index in [0.717, 1.165) is 12.0 Å². The summed E-state index contributed by atoms with van der Waals surface area (Å²) in [5.41, 5.74) is 1.49. The number of amides is 1. The smallest absolute Gasteiger partial charge is 0.354 e. The summed E-state index contributed by atoms with van der Waals surface area (Å²) in [6, 6.07) is 12.9. The van der Waals surface area contributed by atoms with Crippen LogP contribution in [-0.4, -0.2) is 46.6 Å². The second kappa shape index (κ2) is 7.90. The molecule has 2 heterocycles. The third-order valence-corrected chi connectivity index (χ3v) is 4.27. The van der Waals surface area contributed by atoms with Crippen molar-refractivity contribution in [3.05, 3.63) is 65.5 Å². The van der Waals surface area contributed by atoms with Crippen molar-refractivity contribution in [3.8, 4) is 0 Å². The van der Waals surface area contributed by atoms with Gasteiger partial charge in [-0.1, -0.05) is 30.3 Å². The Kier molecular flexibility index (Phi) is 5.40. The number of carboxylic acids is 1. The summed E-state index contributed by atoms with van der Waals surface area (Å²) in [7, 11) is 0. The van der Waals surface area contributed by atoms with Crippen molar-refractivity contribution in [2.75, 3.05) is 19.7 Å². The molecule has 2 aromatic rings. The highest BCUT2D eigenvalue weighted by atomic mass is 16.5. The third kappa shape index (κ3) is 4.42. The molecule has 0 bridgehead atoms. The molecule has 6 heteroatoms. The minimum absolute atomic E-state index is 0.0647. The van der Waals surface area contributed by atoms with Crippen molar-refractivity contribution < 1.29 is 19.4 Å². The summed E-state index contributed by atoms with van der Waals surface area (Å²) in [6.07, 6.45) is 2.23. The van der Waals surface area contributed by atoms with Crippen LogP contribution in [-0.2, 0) is 11.3 Å². The van der Waals surface area contributed by atoms with E-state index in [1.807, 2.05) is 30.3 Å². The van der Waals surface area contributed by atoms with E-state index in [0.29, 0.717) is 37.8 Å². The Morgan fingerprint density at radius 2 is 2.00 bits per heavy atom. The molecule has 1 N–H and O–H groups in total. The maximum Gasteiger partial charge on any atom is 0.354 e. The van der Waals surface area contributed by atoms with Crippen LogP contribution in [0.1, 0.15) is 32.8 Å². The van der Waals surface area contributed by atoms with E-state index >= 15 is 0 Å². The monoisotopic (exact) mass is 340 g/mol. The van der Waals surface area contributed by atoms with Gasteiger partial charge in [-0.3, -0.25) is 4.79 Å². The van der Waals surface area contributed by atoms with Gasteiger partial charge in [-0.2, -0.15) is 0 Å². The normalized spacial score (nSPS) is 16.8. The fourth-order valence-corrected chi connectivity index (χ4v) is 2.90. The Bertz CT molecular complexity index is 731. The van der Waals surface area contributed by atoms with Crippen LogP contribution in [0.15, 0.2) is 48.7 Å². The molecule has 1 aliphatic heterocycles. The SMILES string of the molecule is O=C(O)c1ccc(C(=O)N2CC[C@H](COCc3ccccc3)C2)cn1. The van der Waals surface area contributed by atoms with E-state index in [1.54, 1.807) is 4.90 Å². The number of hydrogen-bond donors (Lipinski definition) is 1. The van der Waals surface area contributed by atoms with Gasteiger partial charge >= 0.3 is 5.97 Å². The van der Waals surface area contributed by atoms with E-state index in [-0.39, 0.29) is 11.6 Å².